The molecule has 0 radical (unpaired) electrons. The maximum absolute atomic E-state index is 12.1. The number of alkyl carbamates (subject to hydrolysis) is 1. The van der Waals surface area contributed by atoms with Gasteiger partial charge in [0, 0.05) is 18.3 Å². The van der Waals surface area contributed by atoms with Crippen LogP contribution in [0.2, 0.25) is 0 Å². The van der Waals surface area contributed by atoms with Crippen LogP contribution in [0.5, 0.6) is 0 Å². The van der Waals surface area contributed by atoms with Crippen molar-refractivity contribution in [2.45, 2.75) is 97.2 Å². The summed E-state index contributed by atoms with van der Waals surface area (Å²) in [5, 5.41) is 24.3. The Bertz CT molecular complexity index is 763. The number of aliphatic hydroxyl groups is 1. The molecule has 194 valence electrons. The lowest BCUT2D eigenvalue weighted by Crippen LogP contribution is -2.59. The highest BCUT2D eigenvalue weighted by molar-refractivity contribution is 9.09. The monoisotopic (exact) mass is 541 g/mol. The van der Waals surface area contributed by atoms with Crippen molar-refractivity contribution in [3.63, 3.8) is 0 Å². The number of aliphatic hydroxyl groups excluding tert-OH is 1. The molecule has 0 aromatic carbocycles. The molecule has 34 heavy (non-hydrogen) atoms. The molecule has 4 aliphatic carbocycles. The Morgan fingerprint density at radius 1 is 1.12 bits per heavy atom. The molecule has 1 amide bonds. The second-order valence-corrected chi connectivity index (χ2v) is 13.1. The van der Waals surface area contributed by atoms with Gasteiger partial charge >= 0.3 is 12.1 Å². The highest BCUT2D eigenvalue weighted by Crippen LogP contribution is 2.68. The number of hydrogen-bond donors (Lipinski definition) is 3. The molecule has 0 unspecified atom stereocenters. The van der Waals surface area contributed by atoms with E-state index in [1.54, 1.807) is 0 Å². The average Bonchev–Trinajstić information content (AvgIpc) is 3.16. The summed E-state index contributed by atoms with van der Waals surface area (Å²) in [5.74, 6) is 2.25. The molecule has 0 aromatic heterocycles. The highest BCUT2D eigenvalue weighted by atomic mass is 79.9. The Balaban J connectivity index is 1.45. The number of rotatable bonds is 7. The molecule has 3 N–H and O–H groups in total. The third-order valence-electron chi connectivity index (χ3n) is 10.9. The molecule has 0 bridgehead atoms. The zero-order valence-corrected chi connectivity index (χ0v) is 22.7. The van der Waals surface area contributed by atoms with E-state index >= 15 is 0 Å². The number of alkyl halides is 1. The third kappa shape index (κ3) is 4.65. The molecule has 10 atom stereocenters. The molecule has 4 saturated carbocycles. The van der Waals surface area contributed by atoms with Crippen LogP contribution in [0.1, 0.15) is 85.0 Å². The number of carboxylic acid groups (broad SMARTS) is 1. The molecular weight excluding hydrogens is 498 g/mol. The summed E-state index contributed by atoms with van der Waals surface area (Å²) in [4.78, 5) is 23.2. The lowest BCUT2D eigenvalue weighted by molar-refractivity contribution is -0.175. The van der Waals surface area contributed by atoms with E-state index in [4.69, 9.17) is 9.84 Å². The van der Waals surface area contributed by atoms with Crippen molar-refractivity contribution < 1.29 is 24.5 Å². The quantitative estimate of drug-likeness (QED) is 0.364. The fourth-order valence-corrected chi connectivity index (χ4v) is 9.34. The highest BCUT2D eigenvalue weighted by Gasteiger charge is 2.63. The van der Waals surface area contributed by atoms with Crippen LogP contribution in [0.25, 0.3) is 0 Å². The molecule has 0 aliphatic heterocycles. The van der Waals surface area contributed by atoms with E-state index in [-0.39, 0.29) is 35.6 Å². The van der Waals surface area contributed by atoms with Crippen LogP contribution in [-0.2, 0) is 9.53 Å². The first kappa shape index (κ1) is 26.2. The van der Waals surface area contributed by atoms with Gasteiger partial charge in [-0.25, -0.2) is 4.79 Å². The molecular formula is C27H44BrNO5. The molecule has 6 nitrogen and oxygen atoms in total. The summed E-state index contributed by atoms with van der Waals surface area (Å²) in [6.07, 6.45) is 8.73. The van der Waals surface area contributed by atoms with Crippen molar-refractivity contribution in [3.8, 4) is 0 Å². The van der Waals surface area contributed by atoms with E-state index < -0.39 is 5.97 Å². The molecule has 0 heterocycles. The van der Waals surface area contributed by atoms with Crippen molar-refractivity contribution >= 4 is 28.0 Å². The summed E-state index contributed by atoms with van der Waals surface area (Å²) in [5.41, 5.74) is 0.0978. The van der Waals surface area contributed by atoms with Crippen LogP contribution in [0.4, 0.5) is 4.79 Å². The average molecular weight is 543 g/mol. The maximum Gasteiger partial charge on any atom is 0.407 e. The van der Waals surface area contributed by atoms with Gasteiger partial charge in [-0.1, -0.05) is 36.7 Å². The number of carboxylic acids is 1. The van der Waals surface area contributed by atoms with E-state index in [1.165, 1.54) is 12.8 Å². The van der Waals surface area contributed by atoms with E-state index in [2.05, 4.69) is 42.0 Å². The summed E-state index contributed by atoms with van der Waals surface area (Å²) in [6.45, 7) is 7.54. The van der Waals surface area contributed by atoms with Gasteiger partial charge in [-0.2, -0.15) is 0 Å². The number of hydrogen-bond acceptors (Lipinski definition) is 4. The van der Waals surface area contributed by atoms with Crippen molar-refractivity contribution in [2.24, 2.45) is 46.3 Å². The number of fused-ring (bicyclic) bond motifs is 5. The van der Waals surface area contributed by atoms with Crippen LogP contribution < -0.4 is 5.32 Å². The maximum atomic E-state index is 12.1. The Hall–Kier alpha value is -0.820. The van der Waals surface area contributed by atoms with E-state index in [9.17, 15) is 14.7 Å². The Morgan fingerprint density at radius 2 is 1.88 bits per heavy atom. The van der Waals surface area contributed by atoms with Crippen LogP contribution in [0.15, 0.2) is 0 Å². The number of nitrogens with one attached hydrogen (secondary N) is 1. The first-order chi connectivity index (χ1) is 16.1. The predicted molar refractivity (Wildman–Crippen MR) is 135 cm³/mol. The summed E-state index contributed by atoms with van der Waals surface area (Å²) < 4.78 is 5.75. The smallest absolute Gasteiger partial charge is 0.407 e. The number of halogens is 1. The van der Waals surface area contributed by atoms with Crippen LogP contribution in [0.3, 0.4) is 0 Å². The van der Waals surface area contributed by atoms with E-state index in [0.717, 1.165) is 43.9 Å². The Kier molecular flexibility index (Phi) is 7.93. The van der Waals surface area contributed by atoms with E-state index in [1.807, 2.05) is 0 Å². The molecule has 7 heteroatoms. The second kappa shape index (κ2) is 10.3. The van der Waals surface area contributed by atoms with Crippen LogP contribution in [-0.4, -0.2) is 46.4 Å². The molecule has 4 aliphatic rings. The predicted octanol–water partition coefficient (Wildman–Crippen LogP) is 5.61. The van der Waals surface area contributed by atoms with Gasteiger partial charge in [0.25, 0.3) is 0 Å². The summed E-state index contributed by atoms with van der Waals surface area (Å²) >= 11 is 3.33. The van der Waals surface area contributed by atoms with Crippen molar-refractivity contribution in [1.29, 1.82) is 0 Å². The Labute approximate surface area is 213 Å². The molecule has 4 fully saturated rings. The first-order valence-electron chi connectivity index (χ1n) is 13.5. The van der Waals surface area contributed by atoms with Crippen LogP contribution in [0, 0.1) is 46.3 Å². The lowest BCUT2D eigenvalue weighted by atomic mass is 9.43. The number of carbonyl (C=O) groups excluding carboxylic acids is 1. The zero-order valence-electron chi connectivity index (χ0n) is 21.1. The lowest BCUT2D eigenvalue weighted by Gasteiger charge is -2.62. The summed E-state index contributed by atoms with van der Waals surface area (Å²) in [7, 11) is 0. The molecule has 4 rings (SSSR count). The SMILES string of the molecule is C[C@H](CCC(=O)O)[C@H]1CC[C@H]2[C@@H]3CC[C@@H]4C[C@H](OC(=O)NCCBr)CC[C@]4(C)[C@H]3C[C@H](O)[C@]12C. The largest absolute Gasteiger partial charge is 0.481 e. The summed E-state index contributed by atoms with van der Waals surface area (Å²) in [6, 6.07) is 0. The van der Waals surface area contributed by atoms with Gasteiger partial charge in [0.05, 0.1) is 6.10 Å². The van der Waals surface area contributed by atoms with Gasteiger partial charge in [0.15, 0.2) is 0 Å². The van der Waals surface area contributed by atoms with Gasteiger partial charge in [-0.05, 0) is 104 Å². The zero-order chi connectivity index (χ0) is 24.7. The number of ether oxygens (including phenoxy) is 1. The van der Waals surface area contributed by atoms with Crippen molar-refractivity contribution in [1.82, 2.24) is 5.32 Å². The number of carbonyl (C=O) groups is 2. The number of aliphatic carboxylic acids is 1. The fourth-order valence-electron chi connectivity index (χ4n) is 9.15. The van der Waals surface area contributed by atoms with Gasteiger partial charge < -0.3 is 20.3 Å². The third-order valence-corrected chi connectivity index (χ3v) is 11.3. The van der Waals surface area contributed by atoms with Gasteiger partial charge in [0.2, 0.25) is 0 Å². The first-order valence-corrected chi connectivity index (χ1v) is 14.6. The van der Waals surface area contributed by atoms with Gasteiger partial charge in [-0.15, -0.1) is 0 Å². The van der Waals surface area contributed by atoms with Crippen molar-refractivity contribution in [3.05, 3.63) is 0 Å². The number of amides is 1. The normalized spacial score (nSPS) is 44.3. The standard InChI is InChI=1S/C27H44BrNO5/c1-16(4-9-24(31)32)20-7-8-21-19-6-5-17-14-18(34-25(33)29-13-12-28)10-11-26(17,2)22(19)15-23(30)27(20,21)3/h16-23,30H,4-15H2,1-3H3,(H,29,33)(H,31,32)/t16-,17-,18-,19+,20-,21+,22+,23+,26+,27-/m1/s1. The minimum Gasteiger partial charge on any atom is -0.481 e. The van der Waals surface area contributed by atoms with Crippen LogP contribution >= 0.6 is 15.9 Å². The van der Waals surface area contributed by atoms with Gasteiger partial charge in [0.1, 0.15) is 6.10 Å². The Morgan fingerprint density at radius 3 is 2.59 bits per heavy atom. The fraction of sp³-hybridized carbons (Fsp3) is 0.926. The topological polar surface area (TPSA) is 95.9 Å². The van der Waals surface area contributed by atoms with Gasteiger partial charge in [-0.3, -0.25) is 4.79 Å². The minimum absolute atomic E-state index is 0.00493. The molecule has 0 spiro atoms. The minimum atomic E-state index is -0.720. The molecule has 0 aromatic rings. The second-order valence-electron chi connectivity index (χ2n) is 12.3. The van der Waals surface area contributed by atoms with E-state index in [0.29, 0.717) is 48.5 Å². The molecule has 0 saturated heterocycles. The van der Waals surface area contributed by atoms with Crippen molar-refractivity contribution in [2.75, 3.05) is 11.9 Å².